The molecule has 0 spiro atoms. The second-order valence-corrected chi connectivity index (χ2v) is 4.26. The van der Waals surface area contributed by atoms with E-state index in [-0.39, 0.29) is 0 Å². The van der Waals surface area contributed by atoms with E-state index in [0.29, 0.717) is 6.04 Å². The van der Waals surface area contributed by atoms with Crippen LogP contribution < -0.4 is 5.73 Å². The minimum Gasteiger partial charge on any atom is -0.327 e. The van der Waals surface area contributed by atoms with Crippen LogP contribution >= 0.6 is 0 Å². The van der Waals surface area contributed by atoms with Crippen molar-refractivity contribution in [3.63, 3.8) is 0 Å². The molecule has 2 heteroatoms. The van der Waals surface area contributed by atoms with E-state index >= 15 is 0 Å². The number of unbranched alkanes of at least 4 members (excludes halogenated alkanes) is 3. The maximum absolute atomic E-state index is 5.91. The van der Waals surface area contributed by atoms with Crippen LogP contribution in [0.3, 0.4) is 0 Å². The number of rotatable bonds is 5. The van der Waals surface area contributed by atoms with E-state index < -0.39 is 0 Å². The van der Waals surface area contributed by atoms with Gasteiger partial charge in [0.2, 0.25) is 0 Å². The SMILES string of the molecule is CCCCCCN1CCCC(N)C1. The van der Waals surface area contributed by atoms with E-state index in [1.807, 2.05) is 0 Å². The van der Waals surface area contributed by atoms with Gasteiger partial charge in [0.15, 0.2) is 0 Å². The average Bonchev–Trinajstić information content (AvgIpc) is 2.13. The summed E-state index contributed by atoms with van der Waals surface area (Å²) in [6.45, 7) is 5.94. The van der Waals surface area contributed by atoms with Crippen molar-refractivity contribution in [2.45, 2.75) is 51.5 Å². The molecule has 0 aromatic carbocycles. The largest absolute Gasteiger partial charge is 0.327 e. The van der Waals surface area contributed by atoms with Gasteiger partial charge in [-0.25, -0.2) is 0 Å². The molecule has 0 saturated carbocycles. The van der Waals surface area contributed by atoms with Crippen LogP contribution in [0.4, 0.5) is 0 Å². The van der Waals surface area contributed by atoms with Crippen molar-refractivity contribution in [1.82, 2.24) is 4.90 Å². The van der Waals surface area contributed by atoms with Gasteiger partial charge in [-0.1, -0.05) is 26.2 Å². The molecule has 1 fully saturated rings. The summed E-state index contributed by atoms with van der Waals surface area (Å²) in [6, 6.07) is 0.444. The van der Waals surface area contributed by atoms with E-state index in [2.05, 4.69) is 11.8 Å². The summed E-state index contributed by atoms with van der Waals surface area (Å²) in [6.07, 6.45) is 8.00. The molecular weight excluding hydrogens is 160 g/mol. The molecule has 1 atom stereocenters. The molecule has 0 aliphatic carbocycles. The minimum atomic E-state index is 0.444. The molecule has 1 heterocycles. The summed E-state index contributed by atoms with van der Waals surface area (Å²) in [5, 5.41) is 0. The lowest BCUT2D eigenvalue weighted by molar-refractivity contribution is 0.205. The molecule has 2 N–H and O–H groups in total. The van der Waals surface area contributed by atoms with Crippen LogP contribution in [0.1, 0.15) is 45.4 Å². The zero-order valence-corrected chi connectivity index (χ0v) is 8.97. The Balaban J connectivity index is 2.00. The summed E-state index contributed by atoms with van der Waals surface area (Å²) < 4.78 is 0. The first-order valence-electron chi connectivity index (χ1n) is 5.81. The summed E-state index contributed by atoms with van der Waals surface area (Å²) in [4.78, 5) is 2.53. The second-order valence-electron chi connectivity index (χ2n) is 4.26. The number of nitrogens with zero attached hydrogens (tertiary/aromatic N) is 1. The van der Waals surface area contributed by atoms with Crippen molar-refractivity contribution >= 4 is 0 Å². The Morgan fingerprint density at radius 2 is 2.15 bits per heavy atom. The maximum atomic E-state index is 5.91. The van der Waals surface area contributed by atoms with E-state index in [4.69, 9.17) is 5.73 Å². The van der Waals surface area contributed by atoms with Crippen LogP contribution in [-0.4, -0.2) is 30.6 Å². The van der Waals surface area contributed by atoms with Gasteiger partial charge in [0.25, 0.3) is 0 Å². The molecule has 78 valence electrons. The number of likely N-dealkylation sites (tertiary alicyclic amines) is 1. The van der Waals surface area contributed by atoms with Gasteiger partial charge in [0, 0.05) is 12.6 Å². The van der Waals surface area contributed by atoms with Crippen LogP contribution in [-0.2, 0) is 0 Å². The second kappa shape index (κ2) is 6.39. The van der Waals surface area contributed by atoms with E-state index in [1.165, 1.54) is 51.6 Å². The molecule has 0 amide bonds. The fourth-order valence-electron chi connectivity index (χ4n) is 2.06. The molecule has 0 bridgehead atoms. The van der Waals surface area contributed by atoms with Gasteiger partial charge in [-0.3, -0.25) is 0 Å². The van der Waals surface area contributed by atoms with Gasteiger partial charge in [-0.05, 0) is 32.4 Å². The van der Waals surface area contributed by atoms with Crippen molar-refractivity contribution in [2.75, 3.05) is 19.6 Å². The van der Waals surface area contributed by atoms with Crippen molar-refractivity contribution in [1.29, 1.82) is 0 Å². The van der Waals surface area contributed by atoms with Gasteiger partial charge in [0.05, 0.1) is 0 Å². The van der Waals surface area contributed by atoms with Crippen LogP contribution in [0.5, 0.6) is 0 Å². The summed E-state index contributed by atoms with van der Waals surface area (Å²) in [5.41, 5.74) is 5.91. The normalized spacial score (nSPS) is 24.9. The number of piperidine rings is 1. The van der Waals surface area contributed by atoms with E-state index in [1.54, 1.807) is 0 Å². The molecule has 1 aliphatic rings. The van der Waals surface area contributed by atoms with Gasteiger partial charge < -0.3 is 10.6 Å². The van der Waals surface area contributed by atoms with Crippen LogP contribution in [0, 0.1) is 0 Å². The predicted molar refractivity (Wildman–Crippen MR) is 57.8 cm³/mol. The number of hydrogen-bond acceptors (Lipinski definition) is 2. The first kappa shape index (κ1) is 11.0. The third-order valence-electron chi connectivity index (χ3n) is 2.87. The lowest BCUT2D eigenvalue weighted by atomic mass is 10.1. The van der Waals surface area contributed by atoms with Gasteiger partial charge in [0.1, 0.15) is 0 Å². The molecule has 2 nitrogen and oxygen atoms in total. The lowest BCUT2D eigenvalue weighted by Crippen LogP contribution is -2.43. The van der Waals surface area contributed by atoms with Gasteiger partial charge in [-0.15, -0.1) is 0 Å². The van der Waals surface area contributed by atoms with Crippen LogP contribution in [0.15, 0.2) is 0 Å². The van der Waals surface area contributed by atoms with Crippen LogP contribution in [0.25, 0.3) is 0 Å². The highest BCUT2D eigenvalue weighted by Crippen LogP contribution is 2.09. The zero-order chi connectivity index (χ0) is 9.52. The Morgan fingerprint density at radius 3 is 2.85 bits per heavy atom. The molecular formula is C11H24N2. The molecule has 1 aliphatic heterocycles. The number of nitrogens with two attached hydrogens (primary N) is 1. The Morgan fingerprint density at radius 1 is 1.31 bits per heavy atom. The predicted octanol–water partition coefficient (Wildman–Crippen LogP) is 1.99. The molecule has 0 aromatic rings. The first-order valence-corrected chi connectivity index (χ1v) is 5.81. The van der Waals surface area contributed by atoms with Gasteiger partial charge >= 0.3 is 0 Å². The molecule has 1 saturated heterocycles. The zero-order valence-electron chi connectivity index (χ0n) is 8.97. The Hall–Kier alpha value is -0.0800. The fourth-order valence-corrected chi connectivity index (χ4v) is 2.06. The highest BCUT2D eigenvalue weighted by atomic mass is 15.1. The Bertz CT molecular complexity index is 125. The van der Waals surface area contributed by atoms with E-state index in [0.717, 1.165) is 6.54 Å². The Kier molecular flexibility index (Phi) is 5.40. The summed E-state index contributed by atoms with van der Waals surface area (Å²) in [7, 11) is 0. The third kappa shape index (κ3) is 4.63. The minimum absolute atomic E-state index is 0.444. The first-order chi connectivity index (χ1) is 6.33. The monoisotopic (exact) mass is 184 g/mol. The van der Waals surface area contributed by atoms with Gasteiger partial charge in [-0.2, -0.15) is 0 Å². The van der Waals surface area contributed by atoms with E-state index in [9.17, 15) is 0 Å². The Labute approximate surface area is 82.5 Å². The molecule has 0 aromatic heterocycles. The highest BCUT2D eigenvalue weighted by Gasteiger charge is 2.15. The number of hydrogen-bond donors (Lipinski definition) is 1. The van der Waals surface area contributed by atoms with Crippen molar-refractivity contribution in [3.8, 4) is 0 Å². The molecule has 0 radical (unpaired) electrons. The third-order valence-corrected chi connectivity index (χ3v) is 2.87. The quantitative estimate of drug-likeness (QED) is 0.662. The topological polar surface area (TPSA) is 29.3 Å². The van der Waals surface area contributed by atoms with Crippen LogP contribution in [0.2, 0.25) is 0 Å². The van der Waals surface area contributed by atoms with Crippen molar-refractivity contribution < 1.29 is 0 Å². The molecule has 13 heavy (non-hydrogen) atoms. The fraction of sp³-hybridized carbons (Fsp3) is 1.00. The summed E-state index contributed by atoms with van der Waals surface area (Å²) >= 11 is 0. The smallest absolute Gasteiger partial charge is 0.0168 e. The highest BCUT2D eigenvalue weighted by molar-refractivity contribution is 4.74. The summed E-state index contributed by atoms with van der Waals surface area (Å²) in [5.74, 6) is 0. The van der Waals surface area contributed by atoms with Crippen molar-refractivity contribution in [3.05, 3.63) is 0 Å². The maximum Gasteiger partial charge on any atom is 0.0168 e. The standard InChI is InChI=1S/C11H24N2/c1-2-3-4-5-8-13-9-6-7-11(12)10-13/h11H,2-10,12H2,1H3. The lowest BCUT2D eigenvalue weighted by Gasteiger charge is -2.30. The molecule has 1 rings (SSSR count). The van der Waals surface area contributed by atoms with Crippen molar-refractivity contribution in [2.24, 2.45) is 5.73 Å². The average molecular weight is 184 g/mol. The molecule has 1 unspecified atom stereocenters.